The summed E-state index contributed by atoms with van der Waals surface area (Å²) in [5.41, 5.74) is 4.05. The van der Waals surface area contributed by atoms with E-state index in [1.807, 2.05) is 42.6 Å². The molecule has 22 heavy (non-hydrogen) atoms. The molecule has 4 heteroatoms. The van der Waals surface area contributed by atoms with Crippen molar-refractivity contribution in [2.75, 3.05) is 0 Å². The van der Waals surface area contributed by atoms with E-state index >= 15 is 0 Å². The molecule has 0 aliphatic carbocycles. The fourth-order valence-electron chi connectivity index (χ4n) is 1.87. The summed E-state index contributed by atoms with van der Waals surface area (Å²) < 4.78 is 0. The highest BCUT2D eigenvalue weighted by Crippen LogP contribution is 2.14. The van der Waals surface area contributed by atoms with E-state index < -0.39 is 0 Å². The smallest absolute Gasteiger partial charge is 0.0890 e. The fraction of sp³-hybridized carbons (Fsp3) is 0.333. The van der Waals surface area contributed by atoms with Crippen molar-refractivity contribution < 1.29 is 0 Å². The van der Waals surface area contributed by atoms with E-state index in [0.717, 1.165) is 22.4 Å². The van der Waals surface area contributed by atoms with E-state index in [9.17, 15) is 0 Å². The maximum atomic E-state index is 4.51. The van der Waals surface area contributed by atoms with Gasteiger partial charge in [0.25, 0.3) is 0 Å². The van der Waals surface area contributed by atoms with Gasteiger partial charge in [-0.3, -0.25) is 4.98 Å². The van der Waals surface area contributed by atoms with Gasteiger partial charge >= 0.3 is 0 Å². The zero-order valence-electron chi connectivity index (χ0n) is 13.6. The minimum absolute atomic E-state index is 0.442. The maximum Gasteiger partial charge on any atom is 0.0890 e. The van der Waals surface area contributed by atoms with E-state index in [1.165, 1.54) is 0 Å². The molecule has 0 saturated heterocycles. The van der Waals surface area contributed by atoms with Gasteiger partial charge in [0.2, 0.25) is 0 Å². The lowest BCUT2D eigenvalue weighted by atomic mass is 10.1. The first-order valence-corrected chi connectivity index (χ1v) is 7.57. The predicted octanol–water partition coefficient (Wildman–Crippen LogP) is 4.35. The van der Waals surface area contributed by atoms with Gasteiger partial charge in [-0.05, 0) is 36.1 Å². The molecule has 0 N–H and O–H groups in total. The Bertz CT molecular complexity index is 708. The second-order valence-electron chi connectivity index (χ2n) is 5.74. The number of nitrogens with zero attached hydrogens (tertiary/aromatic N) is 4. The predicted molar refractivity (Wildman–Crippen MR) is 89.7 cm³/mol. The third-order valence-corrected chi connectivity index (χ3v) is 3.24. The molecular formula is C18H22N4. The Morgan fingerprint density at radius 1 is 0.773 bits per heavy atom. The summed E-state index contributed by atoms with van der Waals surface area (Å²) in [7, 11) is 0. The highest BCUT2D eigenvalue weighted by molar-refractivity contribution is 5.73. The third-order valence-electron chi connectivity index (χ3n) is 3.24. The molecule has 0 radical (unpaired) electrons. The second-order valence-corrected chi connectivity index (χ2v) is 5.74. The number of hydrogen-bond donors (Lipinski definition) is 0. The highest BCUT2D eigenvalue weighted by atomic mass is 15.1. The average molecular weight is 294 g/mol. The molecule has 0 bridgehead atoms. The van der Waals surface area contributed by atoms with Gasteiger partial charge in [0.15, 0.2) is 0 Å². The fourth-order valence-corrected chi connectivity index (χ4v) is 1.87. The zero-order valence-corrected chi connectivity index (χ0v) is 13.6. The molecule has 0 atom stereocenters. The molecule has 0 fully saturated rings. The lowest BCUT2D eigenvalue weighted by molar-refractivity contribution is 0.785. The Morgan fingerprint density at radius 2 is 1.45 bits per heavy atom. The molecule has 0 amide bonds. The Labute approximate surface area is 131 Å². The Morgan fingerprint density at radius 3 is 2.00 bits per heavy atom. The van der Waals surface area contributed by atoms with Crippen molar-refractivity contribution in [2.45, 2.75) is 39.5 Å². The summed E-state index contributed by atoms with van der Waals surface area (Å²) in [6.07, 6.45) is 3.54. The first kappa shape index (κ1) is 16.0. The third kappa shape index (κ3) is 4.32. The molecule has 2 aromatic heterocycles. The van der Waals surface area contributed by atoms with Gasteiger partial charge in [-0.25, -0.2) is 4.98 Å². The van der Waals surface area contributed by atoms with E-state index in [1.54, 1.807) is 6.20 Å². The maximum absolute atomic E-state index is 4.51. The van der Waals surface area contributed by atoms with Crippen LogP contribution in [0.2, 0.25) is 0 Å². The van der Waals surface area contributed by atoms with Crippen molar-refractivity contribution in [1.82, 2.24) is 20.2 Å². The molecule has 3 rings (SSSR count). The van der Waals surface area contributed by atoms with Crippen LogP contribution in [0.25, 0.3) is 11.0 Å². The molecule has 0 unspecified atom stereocenters. The summed E-state index contributed by atoms with van der Waals surface area (Å²) in [4.78, 5) is 8.85. The number of rotatable bonds is 2. The van der Waals surface area contributed by atoms with Crippen LogP contribution in [0.15, 0.2) is 48.8 Å². The quantitative estimate of drug-likeness (QED) is 0.705. The monoisotopic (exact) mass is 294 g/mol. The van der Waals surface area contributed by atoms with Gasteiger partial charge in [-0.1, -0.05) is 39.8 Å². The van der Waals surface area contributed by atoms with Gasteiger partial charge in [0.1, 0.15) is 0 Å². The molecule has 4 nitrogen and oxygen atoms in total. The van der Waals surface area contributed by atoms with Crippen molar-refractivity contribution >= 4 is 11.0 Å². The average Bonchev–Trinajstić information content (AvgIpc) is 2.55. The minimum atomic E-state index is 0.442. The molecule has 0 aliphatic heterocycles. The number of fused-ring (bicyclic) bond motifs is 1. The topological polar surface area (TPSA) is 51.6 Å². The zero-order chi connectivity index (χ0) is 15.9. The van der Waals surface area contributed by atoms with Crippen LogP contribution in [0.5, 0.6) is 0 Å². The van der Waals surface area contributed by atoms with Crippen molar-refractivity contribution in [3.8, 4) is 0 Å². The molecule has 2 heterocycles. The van der Waals surface area contributed by atoms with Crippen molar-refractivity contribution in [2.24, 2.45) is 0 Å². The van der Waals surface area contributed by atoms with Crippen LogP contribution in [-0.2, 0) is 0 Å². The van der Waals surface area contributed by atoms with Crippen LogP contribution >= 0.6 is 0 Å². The van der Waals surface area contributed by atoms with E-state index in [2.05, 4.69) is 47.9 Å². The summed E-state index contributed by atoms with van der Waals surface area (Å²) in [5.74, 6) is 0.927. The van der Waals surface area contributed by atoms with Crippen LogP contribution < -0.4 is 0 Å². The van der Waals surface area contributed by atoms with Gasteiger partial charge in [0, 0.05) is 12.4 Å². The summed E-state index contributed by atoms with van der Waals surface area (Å²) >= 11 is 0. The number of benzene rings is 1. The Balaban J connectivity index is 0.000000172. The number of para-hydroxylation sites is 2. The van der Waals surface area contributed by atoms with E-state index in [0.29, 0.717) is 11.8 Å². The van der Waals surface area contributed by atoms with Crippen LogP contribution in [0.1, 0.15) is 50.9 Å². The Kier molecular flexibility index (Phi) is 5.53. The number of hydrogen-bond acceptors (Lipinski definition) is 4. The molecule has 114 valence electrons. The lowest BCUT2D eigenvalue weighted by Gasteiger charge is -2.04. The Hall–Kier alpha value is -2.36. The van der Waals surface area contributed by atoms with E-state index in [-0.39, 0.29) is 0 Å². The van der Waals surface area contributed by atoms with Crippen LogP contribution in [0.4, 0.5) is 0 Å². The SMILES string of the molecule is CC(C)c1cccnn1.CC(C)c1cnc2ccccc2n1. The lowest BCUT2D eigenvalue weighted by Crippen LogP contribution is -1.94. The first-order chi connectivity index (χ1) is 10.6. The normalized spacial score (nSPS) is 10.6. The van der Waals surface area contributed by atoms with Gasteiger partial charge in [-0.15, -0.1) is 0 Å². The molecule has 1 aromatic carbocycles. The van der Waals surface area contributed by atoms with E-state index in [4.69, 9.17) is 0 Å². The minimum Gasteiger partial charge on any atom is -0.253 e. The van der Waals surface area contributed by atoms with Crippen molar-refractivity contribution in [1.29, 1.82) is 0 Å². The van der Waals surface area contributed by atoms with Gasteiger partial charge in [-0.2, -0.15) is 10.2 Å². The molecule has 3 aromatic rings. The van der Waals surface area contributed by atoms with Gasteiger partial charge < -0.3 is 0 Å². The largest absolute Gasteiger partial charge is 0.253 e. The van der Waals surface area contributed by atoms with Crippen LogP contribution in [0, 0.1) is 0 Å². The molecular weight excluding hydrogens is 272 g/mol. The van der Waals surface area contributed by atoms with Crippen molar-refractivity contribution in [3.63, 3.8) is 0 Å². The van der Waals surface area contributed by atoms with Crippen molar-refractivity contribution in [3.05, 3.63) is 60.2 Å². The van der Waals surface area contributed by atoms with Crippen LogP contribution in [-0.4, -0.2) is 20.2 Å². The standard InChI is InChI=1S/C11H12N2.C7H10N2/c1-8(2)11-7-12-9-5-3-4-6-10(9)13-11;1-6(2)7-4-3-5-8-9-7/h3-8H,1-2H3;3-6H,1-2H3. The summed E-state index contributed by atoms with van der Waals surface area (Å²) in [6.45, 7) is 8.45. The highest BCUT2D eigenvalue weighted by Gasteiger charge is 2.02. The molecule has 0 aliphatic rings. The second kappa shape index (κ2) is 7.59. The number of aromatic nitrogens is 4. The molecule has 0 saturated carbocycles. The van der Waals surface area contributed by atoms with Crippen LogP contribution in [0.3, 0.4) is 0 Å². The summed E-state index contributed by atoms with van der Waals surface area (Å²) in [6, 6.07) is 11.8. The molecule has 0 spiro atoms. The summed E-state index contributed by atoms with van der Waals surface area (Å²) in [5, 5.41) is 7.68. The first-order valence-electron chi connectivity index (χ1n) is 7.57. The van der Waals surface area contributed by atoms with Gasteiger partial charge in [0.05, 0.1) is 22.4 Å².